The van der Waals surface area contributed by atoms with Gasteiger partial charge in [0, 0.05) is 36.4 Å². The second-order valence-electron chi connectivity index (χ2n) is 15.5. The molecule has 0 bridgehead atoms. The van der Waals surface area contributed by atoms with Crippen LogP contribution in [0.3, 0.4) is 0 Å². The van der Waals surface area contributed by atoms with Crippen LogP contribution < -0.4 is 56.8 Å². The normalized spacial score (nSPS) is 10.7. The van der Waals surface area contributed by atoms with Crippen molar-refractivity contribution >= 4 is 5.97 Å². The minimum atomic E-state index is -0.685. The number of carbonyl (C=O) groups is 1. The van der Waals surface area contributed by atoms with Gasteiger partial charge < -0.3 is 61.6 Å². The van der Waals surface area contributed by atoms with E-state index in [0.29, 0.717) is 74.6 Å². The van der Waals surface area contributed by atoms with E-state index in [0.717, 1.165) is 27.8 Å². The lowest BCUT2D eigenvalue weighted by molar-refractivity contribution is 0.0464. The quantitative estimate of drug-likeness (QED) is 0.0497. The number of carbonyl (C=O) groups excluding carboxylic acids is 1. The molecule has 0 spiro atoms. The molecule has 366 valence electrons. The lowest BCUT2D eigenvalue weighted by Gasteiger charge is -2.14. The third-order valence-electron chi connectivity index (χ3n) is 10.6. The number of benzene rings is 6. The number of ether oxygens (including phenoxy) is 13. The van der Waals surface area contributed by atoms with Crippen molar-refractivity contribution in [3.8, 4) is 69.0 Å². The Kier molecular flexibility index (Phi) is 17.0. The Balaban J connectivity index is 1.07. The molecule has 0 radical (unpaired) electrons. The van der Waals surface area contributed by atoms with Crippen LogP contribution >= 0.6 is 0 Å². The Bertz CT molecular complexity index is 2620. The summed E-state index contributed by atoms with van der Waals surface area (Å²) in [4.78, 5) is 13.5. The van der Waals surface area contributed by atoms with Gasteiger partial charge in [0.15, 0.2) is 5.69 Å². The molecule has 0 saturated carbocycles. The van der Waals surface area contributed by atoms with E-state index in [4.69, 9.17) is 61.6 Å². The SMILES string of the molecule is COc1cc(COc2cc(COC(=O)c3cn(Cc4cc(OCc5cc(OC)cc(OC)c5)cc(OCc5cc(OC)cc(OC)c5)c4)nn3)cc(OCc3cc(OC)cc(OC)c3)c2)cc(OC)c1. The smallest absolute Gasteiger partial charge is 0.360 e. The summed E-state index contributed by atoms with van der Waals surface area (Å²) in [5.41, 5.74) is 4.65. The topological polar surface area (TPSA) is 168 Å². The molecule has 17 nitrogen and oxygen atoms in total. The van der Waals surface area contributed by atoms with E-state index >= 15 is 0 Å². The molecule has 0 saturated heterocycles. The van der Waals surface area contributed by atoms with Gasteiger partial charge in [0.1, 0.15) is 102 Å². The fraction of sp³-hybridized carbons (Fsp3) is 0.264. The van der Waals surface area contributed by atoms with E-state index in [9.17, 15) is 4.79 Å². The third kappa shape index (κ3) is 13.8. The molecule has 0 atom stereocenters. The summed E-state index contributed by atoms with van der Waals surface area (Å²) in [6.45, 7) is 0.874. The van der Waals surface area contributed by atoms with Crippen LogP contribution in [-0.2, 0) is 44.3 Å². The van der Waals surface area contributed by atoms with Crippen molar-refractivity contribution in [1.29, 1.82) is 0 Å². The fourth-order valence-corrected chi connectivity index (χ4v) is 7.11. The van der Waals surface area contributed by atoms with Gasteiger partial charge in [-0.15, -0.1) is 5.10 Å². The average molecular weight is 958 g/mol. The highest BCUT2D eigenvalue weighted by atomic mass is 16.5. The van der Waals surface area contributed by atoms with Gasteiger partial charge in [0.25, 0.3) is 0 Å². The van der Waals surface area contributed by atoms with Crippen molar-refractivity contribution in [3.63, 3.8) is 0 Å². The van der Waals surface area contributed by atoms with E-state index in [-0.39, 0.29) is 45.3 Å². The minimum Gasteiger partial charge on any atom is -0.497 e. The monoisotopic (exact) mass is 957 g/mol. The molecular weight excluding hydrogens is 903 g/mol. The summed E-state index contributed by atoms with van der Waals surface area (Å²) in [7, 11) is 12.7. The summed E-state index contributed by atoms with van der Waals surface area (Å²) in [6.07, 6.45) is 1.51. The molecule has 0 unspecified atom stereocenters. The molecule has 7 rings (SSSR count). The third-order valence-corrected chi connectivity index (χ3v) is 10.6. The second-order valence-corrected chi connectivity index (χ2v) is 15.5. The molecule has 17 heteroatoms. The summed E-state index contributed by atoms with van der Waals surface area (Å²) in [5, 5.41) is 8.39. The minimum absolute atomic E-state index is 0.00523. The Morgan fingerprint density at radius 3 is 0.914 bits per heavy atom. The highest BCUT2D eigenvalue weighted by Crippen LogP contribution is 2.31. The summed E-state index contributed by atoms with van der Waals surface area (Å²) >= 11 is 0. The Morgan fingerprint density at radius 1 is 0.357 bits per heavy atom. The van der Waals surface area contributed by atoms with Crippen LogP contribution in [0.1, 0.15) is 43.9 Å². The van der Waals surface area contributed by atoms with Gasteiger partial charge in [-0.2, -0.15) is 0 Å². The molecule has 1 aromatic heterocycles. The first-order valence-corrected chi connectivity index (χ1v) is 21.8. The molecular formula is C53H55N3O14. The van der Waals surface area contributed by atoms with E-state index in [1.54, 1.807) is 105 Å². The van der Waals surface area contributed by atoms with E-state index in [1.807, 2.05) is 60.7 Å². The fourth-order valence-electron chi connectivity index (χ4n) is 7.11. The number of esters is 1. The number of hydrogen-bond donors (Lipinski definition) is 0. The molecule has 0 aliphatic rings. The zero-order chi connectivity index (χ0) is 49.4. The lowest BCUT2D eigenvalue weighted by Crippen LogP contribution is -2.07. The summed E-state index contributed by atoms with van der Waals surface area (Å²) in [5.74, 6) is 6.35. The molecule has 0 aliphatic carbocycles. The molecule has 70 heavy (non-hydrogen) atoms. The maximum atomic E-state index is 13.5. The zero-order valence-corrected chi connectivity index (χ0v) is 40.3. The van der Waals surface area contributed by atoms with Crippen LogP contribution in [0.5, 0.6) is 69.0 Å². The second kappa shape index (κ2) is 24.0. The Morgan fingerprint density at radius 2 is 0.614 bits per heavy atom. The Hall–Kier alpha value is -8.47. The lowest BCUT2D eigenvalue weighted by atomic mass is 10.2. The zero-order valence-electron chi connectivity index (χ0n) is 40.3. The highest BCUT2D eigenvalue weighted by molar-refractivity contribution is 5.86. The molecule has 7 aromatic rings. The summed E-state index contributed by atoms with van der Waals surface area (Å²) < 4.78 is 75.9. The number of aromatic nitrogens is 3. The maximum Gasteiger partial charge on any atom is 0.360 e. The van der Waals surface area contributed by atoms with Crippen molar-refractivity contribution in [2.45, 2.75) is 39.6 Å². The molecule has 0 N–H and O–H groups in total. The van der Waals surface area contributed by atoms with Crippen LogP contribution in [0, 0.1) is 0 Å². The molecule has 0 aliphatic heterocycles. The van der Waals surface area contributed by atoms with Crippen molar-refractivity contribution in [1.82, 2.24) is 15.0 Å². The number of hydrogen-bond acceptors (Lipinski definition) is 16. The standard InChI is InChI=1S/C53H55N3O14/c1-58-40-11-35(12-41(21-40)59-2)29-66-48-9-34(10-49(25-48)67-30-36-13-42(60-3)22-43(14-36)61-4)27-56-28-52(54-55-56)53(57)70-33-39-19-50(68-31-37-15-44(62-5)23-45(16-37)63-6)26-51(20-39)69-32-38-17-46(64-7)24-47(18-38)65-8/h9-26,28H,27,29-33H2,1-8H3. The molecule has 0 fully saturated rings. The van der Waals surface area contributed by atoms with Gasteiger partial charge in [0.2, 0.25) is 0 Å². The maximum absolute atomic E-state index is 13.5. The van der Waals surface area contributed by atoms with Crippen LogP contribution in [0.4, 0.5) is 0 Å². The molecule has 6 aromatic carbocycles. The number of methoxy groups -OCH3 is 8. The van der Waals surface area contributed by atoms with Gasteiger partial charge in [-0.05, 0) is 106 Å². The van der Waals surface area contributed by atoms with Crippen molar-refractivity contribution in [2.75, 3.05) is 56.9 Å². The van der Waals surface area contributed by atoms with Crippen LogP contribution in [-0.4, -0.2) is 77.8 Å². The molecule has 0 amide bonds. The van der Waals surface area contributed by atoms with Crippen LogP contribution in [0.25, 0.3) is 0 Å². The van der Waals surface area contributed by atoms with E-state index in [1.165, 1.54) is 10.9 Å². The first-order chi connectivity index (χ1) is 34.1. The first-order valence-electron chi connectivity index (χ1n) is 21.8. The van der Waals surface area contributed by atoms with Gasteiger partial charge in [-0.25, -0.2) is 9.48 Å². The van der Waals surface area contributed by atoms with Gasteiger partial charge >= 0.3 is 5.97 Å². The van der Waals surface area contributed by atoms with Gasteiger partial charge in [-0.1, -0.05) is 5.21 Å². The Labute approximate surface area is 406 Å². The predicted molar refractivity (Wildman–Crippen MR) is 257 cm³/mol. The van der Waals surface area contributed by atoms with Crippen molar-refractivity contribution in [3.05, 3.63) is 154 Å². The van der Waals surface area contributed by atoms with Crippen LogP contribution in [0.15, 0.2) is 115 Å². The molecule has 1 heterocycles. The van der Waals surface area contributed by atoms with Gasteiger partial charge in [-0.3, -0.25) is 0 Å². The van der Waals surface area contributed by atoms with E-state index < -0.39 is 5.97 Å². The highest BCUT2D eigenvalue weighted by Gasteiger charge is 2.16. The van der Waals surface area contributed by atoms with E-state index in [2.05, 4.69) is 10.3 Å². The number of nitrogens with zero attached hydrogens (tertiary/aromatic N) is 3. The van der Waals surface area contributed by atoms with Crippen LogP contribution in [0.2, 0.25) is 0 Å². The largest absolute Gasteiger partial charge is 0.497 e. The number of rotatable bonds is 25. The summed E-state index contributed by atoms with van der Waals surface area (Å²) in [6, 6.07) is 32.9. The van der Waals surface area contributed by atoms with Crippen molar-refractivity contribution < 1.29 is 66.4 Å². The van der Waals surface area contributed by atoms with Gasteiger partial charge in [0.05, 0.1) is 69.6 Å². The predicted octanol–water partition coefficient (Wildman–Crippen LogP) is 9.07. The first kappa shape index (κ1) is 49.4. The average Bonchev–Trinajstić information content (AvgIpc) is 3.87. The van der Waals surface area contributed by atoms with Crippen molar-refractivity contribution in [2.24, 2.45) is 0 Å².